The van der Waals surface area contributed by atoms with Crippen molar-refractivity contribution in [3.8, 4) is 11.8 Å². The van der Waals surface area contributed by atoms with Crippen LogP contribution in [0.4, 0.5) is 4.39 Å². The van der Waals surface area contributed by atoms with Crippen molar-refractivity contribution in [3.63, 3.8) is 0 Å². The molecule has 18 heavy (non-hydrogen) atoms. The number of rotatable bonds is 4. The summed E-state index contributed by atoms with van der Waals surface area (Å²) < 4.78 is 19.0. The predicted molar refractivity (Wildman–Crippen MR) is 66.0 cm³/mol. The molecular weight excluding hydrogens is 233 g/mol. The van der Waals surface area contributed by atoms with Crippen LogP contribution < -0.4 is 10.1 Å². The Morgan fingerprint density at radius 3 is 2.67 bits per heavy atom. The number of benzene rings is 1. The van der Waals surface area contributed by atoms with Gasteiger partial charge in [0.15, 0.2) is 11.6 Å². The van der Waals surface area contributed by atoms with Crippen LogP contribution in [0.15, 0.2) is 30.6 Å². The lowest BCUT2D eigenvalue weighted by molar-refractivity contribution is 0.408. The van der Waals surface area contributed by atoms with Gasteiger partial charge < -0.3 is 10.1 Å². The highest BCUT2D eigenvalue weighted by Gasteiger charge is 2.08. The van der Waals surface area contributed by atoms with Crippen LogP contribution in [0.5, 0.6) is 11.8 Å². The number of hydrogen-bond donors (Lipinski definition) is 1. The van der Waals surface area contributed by atoms with Crippen molar-refractivity contribution in [2.45, 2.75) is 13.5 Å². The summed E-state index contributed by atoms with van der Waals surface area (Å²) >= 11 is 0. The Kier molecular flexibility index (Phi) is 3.84. The van der Waals surface area contributed by atoms with Gasteiger partial charge in [0.25, 0.3) is 0 Å². The molecule has 0 saturated heterocycles. The molecule has 2 aromatic rings. The fraction of sp³-hybridized carbons (Fsp3) is 0.231. The number of nitrogens with one attached hydrogen (secondary N) is 1. The fourth-order valence-electron chi connectivity index (χ4n) is 1.49. The van der Waals surface area contributed by atoms with Gasteiger partial charge in [-0.2, -0.15) is 0 Å². The van der Waals surface area contributed by atoms with Crippen molar-refractivity contribution in [3.05, 3.63) is 47.5 Å². The standard InChI is InChI=1S/C13H14FN3O/c1-9-4-3-5-11(12(9)14)18-13-16-7-10(6-15-2)8-17-13/h3-5,7-8,15H,6H2,1-2H3. The summed E-state index contributed by atoms with van der Waals surface area (Å²) in [6.07, 6.45) is 3.29. The molecule has 1 N–H and O–H groups in total. The quantitative estimate of drug-likeness (QED) is 0.901. The van der Waals surface area contributed by atoms with E-state index in [9.17, 15) is 4.39 Å². The first-order valence-corrected chi connectivity index (χ1v) is 5.59. The van der Waals surface area contributed by atoms with E-state index < -0.39 is 0 Å². The van der Waals surface area contributed by atoms with Crippen LogP contribution in [0.25, 0.3) is 0 Å². The molecule has 0 bridgehead atoms. The minimum absolute atomic E-state index is 0.136. The third-order valence-electron chi connectivity index (χ3n) is 2.42. The zero-order valence-corrected chi connectivity index (χ0v) is 10.3. The largest absolute Gasteiger partial charge is 0.421 e. The summed E-state index contributed by atoms with van der Waals surface area (Å²) in [5, 5.41) is 2.99. The molecule has 0 spiro atoms. The van der Waals surface area contributed by atoms with E-state index in [0.29, 0.717) is 12.1 Å². The van der Waals surface area contributed by atoms with Crippen molar-refractivity contribution < 1.29 is 9.13 Å². The number of aromatic nitrogens is 2. The van der Waals surface area contributed by atoms with E-state index >= 15 is 0 Å². The lowest BCUT2D eigenvalue weighted by atomic mass is 10.2. The van der Waals surface area contributed by atoms with E-state index in [1.807, 2.05) is 7.05 Å². The zero-order valence-electron chi connectivity index (χ0n) is 10.3. The Morgan fingerprint density at radius 1 is 1.28 bits per heavy atom. The summed E-state index contributed by atoms with van der Waals surface area (Å²) in [7, 11) is 1.84. The molecule has 5 heteroatoms. The lowest BCUT2D eigenvalue weighted by Gasteiger charge is -2.06. The number of hydrogen-bond acceptors (Lipinski definition) is 4. The highest BCUT2D eigenvalue weighted by molar-refractivity contribution is 5.31. The van der Waals surface area contributed by atoms with Crippen LogP contribution in [0, 0.1) is 12.7 Å². The average molecular weight is 247 g/mol. The van der Waals surface area contributed by atoms with Crippen LogP contribution in [-0.4, -0.2) is 17.0 Å². The highest BCUT2D eigenvalue weighted by Crippen LogP contribution is 2.23. The van der Waals surface area contributed by atoms with Crippen molar-refractivity contribution in [2.75, 3.05) is 7.05 Å². The first-order chi connectivity index (χ1) is 8.70. The minimum atomic E-state index is -0.389. The van der Waals surface area contributed by atoms with Crippen molar-refractivity contribution >= 4 is 0 Å². The number of aryl methyl sites for hydroxylation is 1. The zero-order chi connectivity index (χ0) is 13.0. The molecule has 0 aliphatic heterocycles. The van der Waals surface area contributed by atoms with Gasteiger partial charge in [0.2, 0.25) is 0 Å². The lowest BCUT2D eigenvalue weighted by Crippen LogP contribution is -2.06. The summed E-state index contributed by atoms with van der Waals surface area (Å²) in [6.45, 7) is 2.36. The summed E-state index contributed by atoms with van der Waals surface area (Å²) in [6, 6.07) is 5.09. The van der Waals surface area contributed by atoms with Gasteiger partial charge in [-0.1, -0.05) is 12.1 Å². The molecule has 1 heterocycles. The summed E-state index contributed by atoms with van der Waals surface area (Å²) in [5.74, 6) is -0.253. The van der Waals surface area contributed by atoms with Crippen molar-refractivity contribution in [1.29, 1.82) is 0 Å². The molecular formula is C13H14FN3O. The monoisotopic (exact) mass is 247 g/mol. The normalized spacial score (nSPS) is 10.4. The van der Waals surface area contributed by atoms with E-state index in [0.717, 1.165) is 5.56 Å². The molecule has 0 saturated carbocycles. The van der Waals surface area contributed by atoms with Gasteiger partial charge in [0.1, 0.15) is 0 Å². The Morgan fingerprint density at radius 2 is 2.00 bits per heavy atom. The predicted octanol–water partition coefficient (Wildman–Crippen LogP) is 2.44. The van der Waals surface area contributed by atoms with E-state index in [-0.39, 0.29) is 17.6 Å². The Bertz CT molecular complexity index is 528. The second kappa shape index (κ2) is 5.55. The third kappa shape index (κ3) is 2.81. The van der Waals surface area contributed by atoms with Gasteiger partial charge in [-0.05, 0) is 25.6 Å². The Labute approximate surface area is 105 Å². The molecule has 0 aliphatic carbocycles. The molecule has 2 rings (SSSR count). The summed E-state index contributed by atoms with van der Waals surface area (Å²) in [4.78, 5) is 8.05. The number of ether oxygens (including phenoxy) is 1. The number of halogens is 1. The van der Waals surface area contributed by atoms with E-state index in [4.69, 9.17) is 4.74 Å². The van der Waals surface area contributed by atoms with Crippen LogP contribution in [0.3, 0.4) is 0 Å². The maximum atomic E-state index is 13.7. The maximum absolute atomic E-state index is 13.7. The molecule has 0 fully saturated rings. The van der Waals surface area contributed by atoms with Gasteiger partial charge in [0, 0.05) is 24.5 Å². The van der Waals surface area contributed by atoms with E-state index in [1.54, 1.807) is 37.5 Å². The third-order valence-corrected chi connectivity index (χ3v) is 2.42. The second-order valence-corrected chi connectivity index (χ2v) is 3.89. The Balaban J connectivity index is 2.16. The van der Waals surface area contributed by atoms with E-state index in [2.05, 4.69) is 15.3 Å². The van der Waals surface area contributed by atoms with Crippen molar-refractivity contribution in [1.82, 2.24) is 15.3 Å². The van der Waals surface area contributed by atoms with Gasteiger partial charge in [-0.25, -0.2) is 14.4 Å². The molecule has 0 atom stereocenters. The molecule has 0 unspecified atom stereocenters. The van der Waals surface area contributed by atoms with Crippen LogP contribution in [0.2, 0.25) is 0 Å². The van der Waals surface area contributed by atoms with E-state index in [1.165, 1.54) is 0 Å². The topological polar surface area (TPSA) is 47.0 Å². The molecule has 1 aromatic carbocycles. The Hall–Kier alpha value is -2.01. The highest BCUT2D eigenvalue weighted by atomic mass is 19.1. The van der Waals surface area contributed by atoms with Gasteiger partial charge in [0.05, 0.1) is 0 Å². The molecule has 94 valence electrons. The summed E-state index contributed by atoms with van der Waals surface area (Å²) in [5.41, 5.74) is 1.47. The second-order valence-electron chi connectivity index (χ2n) is 3.89. The van der Waals surface area contributed by atoms with Gasteiger partial charge in [-0.3, -0.25) is 0 Å². The first kappa shape index (κ1) is 12.4. The van der Waals surface area contributed by atoms with Gasteiger partial charge in [-0.15, -0.1) is 0 Å². The SMILES string of the molecule is CNCc1cnc(Oc2cccc(C)c2F)nc1. The minimum Gasteiger partial charge on any atom is -0.421 e. The smallest absolute Gasteiger partial charge is 0.321 e. The number of nitrogens with zero attached hydrogens (tertiary/aromatic N) is 2. The molecule has 4 nitrogen and oxygen atoms in total. The van der Waals surface area contributed by atoms with Crippen LogP contribution in [-0.2, 0) is 6.54 Å². The van der Waals surface area contributed by atoms with Crippen LogP contribution in [0.1, 0.15) is 11.1 Å². The first-order valence-electron chi connectivity index (χ1n) is 5.59. The molecule has 1 aromatic heterocycles. The molecule has 0 radical (unpaired) electrons. The maximum Gasteiger partial charge on any atom is 0.321 e. The molecule has 0 aliphatic rings. The van der Waals surface area contributed by atoms with Crippen LogP contribution >= 0.6 is 0 Å². The van der Waals surface area contributed by atoms with Crippen molar-refractivity contribution in [2.24, 2.45) is 0 Å². The van der Waals surface area contributed by atoms with Gasteiger partial charge >= 0.3 is 6.01 Å². The average Bonchev–Trinajstić information content (AvgIpc) is 2.38. The fourth-order valence-corrected chi connectivity index (χ4v) is 1.49. The molecule has 0 amide bonds.